The molecule has 1 saturated heterocycles. The molecular formula is C27H36FN3O3. The Morgan fingerprint density at radius 3 is 2.47 bits per heavy atom. The van der Waals surface area contributed by atoms with Crippen molar-refractivity contribution >= 4 is 5.91 Å². The number of aryl methyl sites for hydroxylation is 1. The van der Waals surface area contributed by atoms with Crippen LogP contribution in [0.15, 0.2) is 35.1 Å². The maximum atomic E-state index is 14.4. The summed E-state index contributed by atoms with van der Waals surface area (Å²) in [7, 11) is 1.82. The van der Waals surface area contributed by atoms with Crippen molar-refractivity contribution in [3.63, 3.8) is 0 Å². The molecule has 2 aliphatic rings. The number of ether oxygens (including phenoxy) is 1. The second-order valence-electron chi connectivity index (χ2n) is 9.72. The number of benzene rings is 1. The van der Waals surface area contributed by atoms with Gasteiger partial charge in [-0.3, -0.25) is 14.5 Å². The summed E-state index contributed by atoms with van der Waals surface area (Å²) >= 11 is 0. The van der Waals surface area contributed by atoms with E-state index >= 15 is 0 Å². The van der Waals surface area contributed by atoms with E-state index in [1.807, 2.05) is 18.5 Å². The highest BCUT2D eigenvalue weighted by molar-refractivity contribution is 5.95. The van der Waals surface area contributed by atoms with E-state index in [9.17, 15) is 14.0 Å². The maximum Gasteiger partial charge on any atom is 0.257 e. The lowest BCUT2D eigenvalue weighted by Gasteiger charge is -2.45. The Morgan fingerprint density at radius 2 is 1.79 bits per heavy atom. The van der Waals surface area contributed by atoms with Crippen LogP contribution in [0.3, 0.4) is 0 Å². The van der Waals surface area contributed by atoms with Crippen LogP contribution < -0.4 is 10.7 Å². The van der Waals surface area contributed by atoms with Crippen LogP contribution in [-0.2, 0) is 18.2 Å². The fraction of sp³-hybridized carbons (Fsp3) is 0.556. The van der Waals surface area contributed by atoms with E-state index in [-0.39, 0.29) is 34.7 Å². The van der Waals surface area contributed by atoms with Crippen molar-refractivity contribution in [1.82, 2.24) is 14.8 Å². The first-order valence-electron chi connectivity index (χ1n) is 12.5. The number of rotatable bonds is 6. The topological polar surface area (TPSA) is 63.6 Å². The summed E-state index contributed by atoms with van der Waals surface area (Å²) in [5.41, 5.74) is 1.42. The minimum Gasteiger partial charge on any atom is -0.379 e. The lowest BCUT2D eigenvalue weighted by Crippen LogP contribution is -2.59. The summed E-state index contributed by atoms with van der Waals surface area (Å²) in [6.45, 7) is 5.47. The van der Waals surface area contributed by atoms with Crippen LogP contribution in [0.25, 0.3) is 0 Å². The van der Waals surface area contributed by atoms with Crippen molar-refractivity contribution in [3.8, 4) is 0 Å². The molecule has 1 aliphatic heterocycles. The smallest absolute Gasteiger partial charge is 0.257 e. The van der Waals surface area contributed by atoms with E-state index in [1.165, 1.54) is 25.0 Å². The highest BCUT2D eigenvalue weighted by Gasteiger charge is 2.38. The minimum atomic E-state index is -0.371. The molecule has 4 rings (SSSR count). The van der Waals surface area contributed by atoms with Gasteiger partial charge in [-0.05, 0) is 31.4 Å². The first kappa shape index (κ1) is 24.6. The third kappa shape index (κ3) is 5.26. The zero-order valence-electron chi connectivity index (χ0n) is 20.4. The SMILES string of the molecule is Cc1cc(=O)c(C(=O)NCC2(N3CCOCC3)CCCCCC2)c(Cc2ccccc2F)n1C. The highest BCUT2D eigenvalue weighted by Crippen LogP contribution is 2.33. The summed E-state index contributed by atoms with van der Waals surface area (Å²) in [6.07, 6.45) is 6.94. The average molecular weight is 470 g/mol. The molecule has 2 aromatic rings. The van der Waals surface area contributed by atoms with Gasteiger partial charge < -0.3 is 14.6 Å². The Bertz CT molecular complexity index is 1070. The second kappa shape index (κ2) is 10.8. The molecule has 184 valence electrons. The highest BCUT2D eigenvalue weighted by atomic mass is 19.1. The van der Waals surface area contributed by atoms with Gasteiger partial charge in [-0.1, -0.05) is 43.9 Å². The van der Waals surface area contributed by atoms with E-state index in [0.717, 1.165) is 44.5 Å². The summed E-state index contributed by atoms with van der Waals surface area (Å²) in [5.74, 6) is -0.712. The molecular weight excluding hydrogens is 433 g/mol. The van der Waals surface area contributed by atoms with Gasteiger partial charge in [0.25, 0.3) is 5.91 Å². The maximum absolute atomic E-state index is 14.4. The van der Waals surface area contributed by atoms with Gasteiger partial charge in [0.1, 0.15) is 11.4 Å². The second-order valence-corrected chi connectivity index (χ2v) is 9.72. The van der Waals surface area contributed by atoms with E-state index in [0.29, 0.717) is 31.0 Å². The molecule has 2 heterocycles. The lowest BCUT2D eigenvalue weighted by molar-refractivity contribution is -0.0281. The molecule has 0 radical (unpaired) electrons. The number of carbonyl (C=O) groups is 1. The molecule has 0 spiro atoms. The minimum absolute atomic E-state index is 0.113. The molecule has 1 N–H and O–H groups in total. The molecule has 0 bridgehead atoms. The van der Waals surface area contributed by atoms with Gasteiger partial charge in [0, 0.05) is 56.1 Å². The summed E-state index contributed by atoms with van der Waals surface area (Å²) < 4.78 is 21.8. The Hall–Kier alpha value is -2.51. The van der Waals surface area contributed by atoms with Crippen LogP contribution in [0.4, 0.5) is 4.39 Å². The van der Waals surface area contributed by atoms with Crippen LogP contribution in [0, 0.1) is 12.7 Å². The van der Waals surface area contributed by atoms with Gasteiger partial charge in [0.05, 0.1) is 13.2 Å². The zero-order chi connectivity index (χ0) is 24.1. The van der Waals surface area contributed by atoms with Crippen molar-refractivity contribution in [2.75, 3.05) is 32.8 Å². The molecule has 1 amide bonds. The number of morpholine rings is 1. The molecule has 7 heteroatoms. The van der Waals surface area contributed by atoms with Crippen LogP contribution in [-0.4, -0.2) is 53.8 Å². The quantitative estimate of drug-likeness (QED) is 0.657. The Kier molecular flexibility index (Phi) is 7.84. The molecule has 0 atom stereocenters. The van der Waals surface area contributed by atoms with E-state index < -0.39 is 0 Å². The van der Waals surface area contributed by atoms with Crippen LogP contribution in [0.2, 0.25) is 0 Å². The third-order valence-corrected chi connectivity index (χ3v) is 7.65. The fourth-order valence-corrected chi connectivity index (χ4v) is 5.52. The molecule has 2 fully saturated rings. The Labute approximate surface area is 201 Å². The number of hydrogen-bond acceptors (Lipinski definition) is 4. The van der Waals surface area contributed by atoms with Crippen LogP contribution in [0.1, 0.15) is 65.8 Å². The van der Waals surface area contributed by atoms with E-state index in [1.54, 1.807) is 18.2 Å². The van der Waals surface area contributed by atoms with Gasteiger partial charge in [-0.15, -0.1) is 0 Å². The van der Waals surface area contributed by atoms with Crippen molar-refractivity contribution in [3.05, 3.63) is 68.9 Å². The molecule has 6 nitrogen and oxygen atoms in total. The molecule has 1 aromatic heterocycles. The number of hydrogen-bond donors (Lipinski definition) is 1. The van der Waals surface area contributed by atoms with Gasteiger partial charge in [0.15, 0.2) is 5.43 Å². The normalized spacial score (nSPS) is 18.9. The molecule has 1 aliphatic carbocycles. The predicted molar refractivity (Wildman–Crippen MR) is 131 cm³/mol. The van der Waals surface area contributed by atoms with Gasteiger partial charge in [-0.25, -0.2) is 4.39 Å². The van der Waals surface area contributed by atoms with Crippen molar-refractivity contribution in [1.29, 1.82) is 0 Å². The Balaban J connectivity index is 1.62. The number of pyridine rings is 1. The number of carbonyl (C=O) groups excluding carboxylic acids is 1. The van der Waals surface area contributed by atoms with Crippen molar-refractivity contribution in [2.24, 2.45) is 7.05 Å². The van der Waals surface area contributed by atoms with Crippen LogP contribution >= 0.6 is 0 Å². The van der Waals surface area contributed by atoms with Gasteiger partial charge in [-0.2, -0.15) is 0 Å². The Morgan fingerprint density at radius 1 is 1.12 bits per heavy atom. The number of aromatic nitrogens is 1. The number of amides is 1. The first-order valence-corrected chi connectivity index (χ1v) is 12.5. The monoisotopic (exact) mass is 469 g/mol. The van der Waals surface area contributed by atoms with Crippen molar-refractivity contribution < 1.29 is 13.9 Å². The number of halogens is 1. The third-order valence-electron chi connectivity index (χ3n) is 7.65. The van der Waals surface area contributed by atoms with Gasteiger partial charge in [0.2, 0.25) is 0 Å². The lowest BCUT2D eigenvalue weighted by atomic mass is 9.87. The molecule has 1 saturated carbocycles. The first-order chi connectivity index (χ1) is 16.4. The largest absolute Gasteiger partial charge is 0.379 e. The van der Waals surface area contributed by atoms with Gasteiger partial charge >= 0.3 is 0 Å². The van der Waals surface area contributed by atoms with E-state index in [2.05, 4.69) is 10.2 Å². The fourth-order valence-electron chi connectivity index (χ4n) is 5.52. The van der Waals surface area contributed by atoms with E-state index in [4.69, 9.17) is 4.74 Å². The molecule has 34 heavy (non-hydrogen) atoms. The number of nitrogens with one attached hydrogen (secondary N) is 1. The molecule has 1 aromatic carbocycles. The summed E-state index contributed by atoms with van der Waals surface area (Å²) in [4.78, 5) is 29.0. The summed E-state index contributed by atoms with van der Waals surface area (Å²) in [5, 5.41) is 3.13. The zero-order valence-corrected chi connectivity index (χ0v) is 20.4. The van der Waals surface area contributed by atoms with Crippen molar-refractivity contribution in [2.45, 2.75) is 57.4 Å². The standard InChI is InChI=1S/C27H36FN3O3/c1-20-17-24(32)25(23(30(20)2)18-21-9-5-6-10-22(21)28)26(33)29-19-27(11-7-3-4-8-12-27)31-13-15-34-16-14-31/h5-6,9-10,17H,3-4,7-8,11-16,18-19H2,1-2H3,(H,29,33). The summed E-state index contributed by atoms with van der Waals surface area (Å²) in [6, 6.07) is 8.00. The van der Waals surface area contributed by atoms with Crippen LogP contribution in [0.5, 0.6) is 0 Å². The predicted octanol–water partition coefficient (Wildman–Crippen LogP) is 3.58. The average Bonchev–Trinajstić information content (AvgIpc) is 3.09. The number of nitrogens with zero attached hydrogens (tertiary/aromatic N) is 2. The molecule has 0 unspecified atom stereocenters.